The first kappa shape index (κ1) is 15.1. The van der Waals surface area contributed by atoms with Crippen molar-refractivity contribution in [2.45, 2.75) is 20.4 Å². The number of para-hydroxylation sites is 2. The molecule has 0 bridgehead atoms. The van der Waals surface area contributed by atoms with Gasteiger partial charge in [-0.3, -0.25) is 9.69 Å². The molecule has 5 rings (SSSR count). The first-order valence-corrected chi connectivity index (χ1v) is 8.82. The lowest BCUT2D eigenvalue weighted by Gasteiger charge is -2.32. The lowest BCUT2D eigenvalue weighted by Crippen LogP contribution is -2.37. The van der Waals surface area contributed by atoms with Crippen LogP contribution in [0.15, 0.2) is 54.9 Å². The van der Waals surface area contributed by atoms with E-state index in [-0.39, 0.29) is 5.91 Å². The molecular weight excluding hydrogens is 324 g/mol. The Labute approximate surface area is 150 Å². The number of pyridine rings is 1. The molecule has 0 saturated heterocycles. The van der Waals surface area contributed by atoms with Gasteiger partial charge in [0.05, 0.1) is 28.6 Å². The van der Waals surface area contributed by atoms with Crippen molar-refractivity contribution in [3.8, 4) is 0 Å². The van der Waals surface area contributed by atoms with Gasteiger partial charge in [0.1, 0.15) is 5.52 Å². The third kappa shape index (κ3) is 2.00. The molecule has 26 heavy (non-hydrogen) atoms. The van der Waals surface area contributed by atoms with Gasteiger partial charge in [0.15, 0.2) is 5.82 Å². The summed E-state index contributed by atoms with van der Waals surface area (Å²) in [5, 5.41) is 1.06. The fourth-order valence-electron chi connectivity index (χ4n) is 3.69. The highest BCUT2D eigenvalue weighted by atomic mass is 16.2. The highest BCUT2D eigenvalue weighted by molar-refractivity contribution is 6.26. The molecular formula is C21H18N4O. The van der Waals surface area contributed by atoms with E-state index < -0.39 is 0 Å². The second-order valence-corrected chi connectivity index (χ2v) is 7.10. The van der Waals surface area contributed by atoms with Gasteiger partial charge in [-0.25, -0.2) is 9.97 Å². The van der Waals surface area contributed by atoms with Crippen LogP contribution in [0.3, 0.4) is 0 Å². The lowest BCUT2D eigenvalue weighted by molar-refractivity contribution is 0.0980. The van der Waals surface area contributed by atoms with E-state index in [1.807, 2.05) is 48.8 Å². The van der Waals surface area contributed by atoms with Gasteiger partial charge in [-0.2, -0.15) is 0 Å². The highest BCUT2D eigenvalue weighted by Gasteiger charge is 2.36. The van der Waals surface area contributed by atoms with Crippen LogP contribution in [0.4, 0.5) is 11.5 Å². The van der Waals surface area contributed by atoms with E-state index in [0.717, 1.165) is 39.7 Å². The maximum Gasteiger partial charge on any atom is 0.266 e. The van der Waals surface area contributed by atoms with Crippen LogP contribution in [0, 0.1) is 5.92 Å². The van der Waals surface area contributed by atoms with E-state index in [9.17, 15) is 4.79 Å². The predicted octanol–water partition coefficient (Wildman–Crippen LogP) is 4.53. The highest BCUT2D eigenvalue weighted by Crippen LogP contribution is 2.42. The van der Waals surface area contributed by atoms with Gasteiger partial charge in [0.25, 0.3) is 5.91 Å². The number of anilines is 2. The van der Waals surface area contributed by atoms with Crippen LogP contribution < -0.4 is 4.90 Å². The van der Waals surface area contributed by atoms with Gasteiger partial charge < -0.3 is 4.57 Å². The van der Waals surface area contributed by atoms with Crippen LogP contribution >= 0.6 is 0 Å². The summed E-state index contributed by atoms with van der Waals surface area (Å²) in [4.78, 5) is 23.8. The van der Waals surface area contributed by atoms with Crippen molar-refractivity contribution in [2.75, 3.05) is 4.90 Å². The van der Waals surface area contributed by atoms with Crippen LogP contribution in [0.2, 0.25) is 0 Å². The Kier molecular flexibility index (Phi) is 3.13. The van der Waals surface area contributed by atoms with E-state index in [1.165, 1.54) is 0 Å². The van der Waals surface area contributed by atoms with Crippen molar-refractivity contribution < 1.29 is 4.79 Å². The van der Waals surface area contributed by atoms with E-state index in [0.29, 0.717) is 11.7 Å². The molecule has 0 unspecified atom stereocenters. The molecule has 0 radical (unpaired) electrons. The average Bonchev–Trinajstić information content (AvgIpc) is 3.05. The number of hydrogen-bond donors (Lipinski definition) is 0. The predicted molar refractivity (Wildman–Crippen MR) is 103 cm³/mol. The van der Waals surface area contributed by atoms with Gasteiger partial charge in [-0.15, -0.1) is 0 Å². The Morgan fingerprint density at radius 2 is 1.81 bits per heavy atom. The molecule has 2 aromatic carbocycles. The maximum absolute atomic E-state index is 12.7. The van der Waals surface area contributed by atoms with Crippen LogP contribution in [0.1, 0.15) is 24.2 Å². The van der Waals surface area contributed by atoms with E-state index >= 15 is 0 Å². The Morgan fingerprint density at radius 3 is 2.65 bits per heavy atom. The monoisotopic (exact) mass is 342 g/mol. The Balaban J connectivity index is 1.81. The fraction of sp³-hybridized carbons (Fsp3) is 0.190. The number of hydrogen-bond acceptors (Lipinski definition) is 3. The quantitative estimate of drug-likeness (QED) is 0.549. The Bertz CT molecular complexity index is 1180. The Morgan fingerprint density at radius 1 is 1.04 bits per heavy atom. The molecule has 3 heterocycles. The molecule has 5 heteroatoms. The summed E-state index contributed by atoms with van der Waals surface area (Å²) < 4.78 is 2.17. The minimum Gasteiger partial charge on any atom is -0.330 e. The number of fused-ring (bicyclic) bond motifs is 4. The van der Waals surface area contributed by atoms with Gasteiger partial charge >= 0.3 is 0 Å². The van der Waals surface area contributed by atoms with Crippen LogP contribution in [-0.4, -0.2) is 20.4 Å². The molecule has 0 fully saturated rings. The zero-order valence-corrected chi connectivity index (χ0v) is 14.7. The van der Waals surface area contributed by atoms with Crippen LogP contribution in [0.5, 0.6) is 0 Å². The fourth-order valence-corrected chi connectivity index (χ4v) is 3.69. The lowest BCUT2D eigenvalue weighted by atomic mass is 10.0. The van der Waals surface area contributed by atoms with Gasteiger partial charge in [-0.05, 0) is 24.1 Å². The van der Waals surface area contributed by atoms with Gasteiger partial charge in [0, 0.05) is 11.9 Å². The van der Waals surface area contributed by atoms with E-state index in [1.54, 1.807) is 4.90 Å². The number of carbonyl (C=O) groups is 1. The maximum atomic E-state index is 12.7. The van der Waals surface area contributed by atoms with Gasteiger partial charge in [-0.1, -0.05) is 44.2 Å². The zero-order valence-electron chi connectivity index (χ0n) is 14.7. The molecule has 5 nitrogen and oxygen atoms in total. The van der Waals surface area contributed by atoms with Crippen molar-refractivity contribution in [2.24, 2.45) is 5.92 Å². The molecule has 0 saturated carbocycles. The molecule has 0 spiro atoms. The molecule has 0 N–H and O–H groups in total. The van der Waals surface area contributed by atoms with Crippen molar-refractivity contribution in [3.63, 3.8) is 0 Å². The zero-order chi connectivity index (χ0) is 17.8. The SMILES string of the molecule is CC(C)Cn1cnc2c(N3C(=O)c4ccccc43)nc3ccccc3c21. The third-order valence-electron chi connectivity index (χ3n) is 4.79. The number of carbonyl (C=O) groups excluding carboxylic acids is 1. The molecule has 0 atom stereocenters. The number of aromatic nitrogens is 3. The summed E-state index contributed by atoms with van der Waals surface area (Å²) in [7, 11) is 0. The molecule has 4 aromatic rings. The molecule has 1 amide bonds. The van der Waals surface area contributed by atoms with Crippen molar-refractivity contribution in [1.29, 1.82) is 0 Å². The standard InChI is InChI=1S/C21H18N4O/c1-13(2)11-24-12-22-18-19(24)14-7-3-5-9-16(14)23-20(18)25-17-10-6-4-8-15(17)21(25)26/h3-10,12-13H,11H2,1-2H3. The molecule has 2 aromatic heterocycles. The smallest absolute Gasteiger partial charge is 0.266 e. The Hall–Kier alpha value is -3.21. The average molecular weight is 342 g/mol. The van der Waals surface area contributed by atoms with Crippen molar-refractivity contribution in [1.82, 2.24) is 14.5 Å². The van der Waals surface area contributed by atoms with Crippen molar-refractivity contribution in [3.05, 3.63) is 60.4 Å². The summed E-state index contributed by atoms with van der Waals surface area (Å²) in [6.07, 6.45) is 1.86. The number of rotatable bonds is 3. The summed E-state index contributed by atoms with van der Waals surface area (Å²) in [5.41, 5.74) is 4.30. The van der Waals surface area contributed by atoms with Crippen molar-refractivity contribution >= 4 is 39.3 Å². The number of nitrogens with zero attached hydrogens (tertiary/aromatic N) is 4. The summed E-state index contributed by atoms with van der Waals surface area (Å²) in [6, 6.07) is 15.7. The summed E-state index contributed by atoms with van der Waals surface area (Å²) >= 11 is 0. The second kappa shape index (κ2) is 5.39. The number of benzene rings is 2. The largest absolute Gasteiger partial charge is 0.330 e. The van der Waals surface area contributed by atoms with E-state index in [4.69, 9.17) is 4.98 Å². The second-order valence-electron chi connectivity index (χ2n) is 7.10. The minimum atomic E-state index is -0.0249. The molecule has 128 valence electrons. The first-order valence-electron chi connectivity index (χ1n) is 8.82. The van der Waals surface area contributed by atoms with Crippen LogP contribution in [-0.2, 0) is 6.54 Å². The summed E-state index contributed by atoms with van der Waals surface area (Å²) in [5.74, 6) is 1.09. The minimum absolute atomic E-state index is 0.0249. The van der Waals surface area contributed by atoms with Crippen LogP contribution in [0.25, 0.3) is 21.9 Å². The molecule has 0 aliphatic carbocycles. The number of imidazole rings is 1. The van der Waals surface area contributed by atoms with Gasteiger partial charge in [0.2, 0.25) is 0 Å². The molecule has 1 aliphatic heterocycles. The molecule has 1 aliphatic rings. The van der Waals surface area contributed by atoms with E-state index in [2.05, 4.69) is 29.5 Å². The normalized spacial score (nSPS) is 13.5. The summed E-state index contributed by atoms with van der Waals surface area (Å²) in [6.45, 7) is 5.24. The topological polar surface area (TPSA) is 51.0 Å². The third-order valence-corrected chi connectivity index (χ3v) is 4.79. The first-order chi connectivity index (χ1) is 12.6. The number of amides is 1.